The van der Waals surface area contributed by atoms with Gasteiger partial charge in [-0.05, 0) is 28.3 Å². The van der Waals surface area contributed by atoms with E-state index in [0.717, 1.165) is 13.0 Å². The zero-order chi connectivity index (χ0) is 12.7. The molecular weight excluding hydrogens is 284 g/mol. The molecule has 0 aromatic carbocycles. The molecule has 0 aliphatic heterocycles. The number of hydrogen-bond donors (Lipinski definition) is 2. The van der Waals surface area contributed by atoms with Crippen LogP contribution in [0.2, 0.25) is 0 Å². The van der Waals surface area contributed by atoms with Gasteiger partial charge < -0.3 is 15.8 Å². The van der Waals surface area contributed by atoms with Gasteiger partial charge in [0, 0.05) is 19.2 Å². The number of aromatic nitrogens is 2. The van der Waals surface area contributed by atoms with Crippen LogP contribution in [0.4, 0.5) is 11.8 Å². The molecule has 6 heteroatoms. The lowest BCUT2D eigenvalue weighted by molar-refractivity contribution is 0.132. The monoisotopic (exact) mass is 302 g/mol. The molecule has 3 N–H and O–H groups in total. The molecule has 1 aromatic heterocycles. The van der Waals surface area contributed by atoms with Crippen LogP contribution in [0.15, 0.2) is 10.7 Å². The van der Waals surface area contributed by atoms with Crippen molar-refractivity contribution >= 4 is 27.7 Å². The summed E-state index contributed by atoms with van der Waals surface area (Å²) in [4.78, 5) is 8.19. The van der Waals surface area contributed by atoms with Gasteiger partial charge in [-0.15, -0.1) is 0 Å². The van der Waals surface area contributed by atoms with Crippen molar-refractivity contribution in [2.75, 3.05) is 30.8 Å². The molecule has 17 heavy (non-hydrogen) atoms. The fourth-order valence-corrected chi connectivity index (χ4v) is 1.57. The fraction of sp³-hybridized carbons (Fsp3) is 0.636. The predicted octanol–water partition coefficient (Wildman–Crippen LogP) is 2.30. The van der Waals surface area contributed by atoms with Crippen molar-refractivity contribution in [2.45, 2.75) is 20.3 Å². The quantitative estimate of drug-likeness (QED) is 0.597. The van der Waals surface area contributed by atoms with Crippen molar-refractivity contribution in [3.05, 3.63) is 10.7 Å². The summed E-state index contributed by atoms with van der Waals surface area (Å²) in [7, 11) is 0. The Morgan fingerprint density at radius 2 is 2.18 bits per heavy atom. The molecule has 0 radical (unpaired) electrons. The van der Waals surface area contributed by atoms with Gasteiger partial charge >= 0.3 is 0 Å². The van der Waals surface area contributed by atoms with E-state index in [1.54, 1.807) is 6.07 Å². The third kappa shape index (κ3) is 6.43. The molecular formula is C11H19BrN4O. The second-order valence-corrected chi connectivity index (χ2v) is 4.97. The van der Waals surface area contributed by atoms with E-state index in [1.807, 2.05) is 0 Å². The molecule has 0 saturated carbocycles. The minimum Gasteiger partial charge on any atom is -0.383 e. The molecule has 0 aliphatic rings. The molecule has 0 spiro atoms. The molecule has 1 aromatic rings. The Hall–Kier alpha value is -0.880. The summed E-state index contributed by atoms with van der Waals surface area (Å²) in [6, 6.07) is 1.66. The molecule has 0 bridgehead atoms. The van der Waals surface area contributed by atoms with E-state index >= 15 is 0 Å². The fourth-order valence-electron chi connectivity index (χ4n) is 1.17. The summed E-state index contributed by atoms with van der Waals surface area (Å²) in [6.07, 6.45) is 1.08. The van der Waals surface area contributed by atoms with E-state index in [-0.39, 0.29) is 0 Å². The van der Waals surface area contributed by atoms with E-state index in [4.69, 9.17) is 10.5 Å². The van der Waals surface area contributed by atoms with E-state index in [9.17, 15) is 0 Å². The van der Waals surface area contributed by atoms with Gasteiger partial charge in [0.15, 0.2) is 0 Å². The molecule has 0 saturated heterocycles. The van der Waals surface area contributed by atoms with Crippen LogP contribution in [0.3, 0.4) is 0 Å². The molecule has 0 unspecified atom stereocenters. The number of halogens is 1. The minimum atomic E-state index is 0.440. The Morgan fingerprint density at radius 3 is 2.82 bits per heavy atom. The molecule has 96 valence electrons. The SMILES string of the molecule is CC(C)CCOCCNc1nc(N)cc(Br)n1. The molecule has 5 nitrogen and oxygen atoms in total. The van der Waals surface area contributed by atoms with Gasteiger partial charge in [0.25, 0.3) is 0 Å². The standard InChI is InChI=1S/C11H19BrN4O/c1-8(2)3-5-17-6-4-14-11-15-9(12)7-10(13)16-11/h7-8H,3-6H2,1-2H3,(H3,13,14,15,16). The summed E-state index contributed by atoms with van der Waals surface area (Å²) < 4.78 is 6.14. The lowest BCUT2D eigenvalue weighted by Crippen LogP contribution is -2.13. The summed E-state index contributed by atoms with van der Waals surface area (Å²) in [5.41, 5.74) is 5.59. The molecule has 0 amide bonds. The summed E-state index contributed by atoms with van der Waals surface area (Å²) in [6.45, 7) is 6.47. The van der Waals surface area contributed by atoms with Crippen LogP contribution in [0.5, 0.6) is 0 Å². The largest absolute Gasteiger partial charge is 0.383 e. The highest BCUT2D eigenvalue weighted by molar-refractivity contribution is 9.10. The number of ether oxygens (including phenoxy) is 1. The molecule has 0 aliphatic carbocycles. The zero-order valence-corrected chi connectivity index (χ0v) is 11.8. The van der Waals surface area contributed by atoms with Crippen molar-refractivity contribution in [1.82, 2.24) is 9.97 Å². The van der Waals surface area contributed by atoms with Gasteiger partial charge in [-0.1, -0.05) is 13.8 Å². The highest BCUT2D eigenvalue weighted by atomic mass is 79.9. The lowest BCUT2D eigenvalue weighted by Gasteiger charge is -2.08. The van der Waals surface area contributed by atoms with Gasteiger partial charge in [0.05, 0.1) is 6.61 Å². The van der Waals surface area contributed by atoms with Gasteiger partial charge in [-0.3, -0.25) is 0 Å². The maximum Gasteiger partial charge on any atom is 0.225 e. The van der Waals surface area contributed by atoms with Crippen molar-refractivity contribution < 1.29 is 4.74 Å². The highest BCUT2D eigenvalue weighted by Gasteiger charge is 1.99. The normalized spacial score (nSPS) is 10.8. The number of rotatable bonds is 7. The number of hydrogen-bond acceptors (Lipinski definition) is 5. The first kappa shape index (κ1) is 14.2. The predicted molar refractivity (Wildman–Crippen MR) is 72.9 cm³/mol. The number of nitrogens with two attached hydrogens (primary N) is 1. The third-order valence-electron chi connectivity index (χ3n) is 2.08. The van der Waals surface area contributed by atoms with Crippen LogP contribution in [-0.4, -0.2) is 29.7 Å². The van der Waals surface area contributed by atoms with E-state index < -0.39 is 0 Å². The Morgan fingerprint density at radius 1 is 1.41 bits per heavy atom. The molecule has 1 rings (SSSR count). The Labute approximate surface area is 110 Å². The topological polar surface area (TPSA) is 73.1 Å². The van der Waals surface area contributed by atoms with Crippen LogP contribution in [0.25, 0.3) is 0 Å². The van der Waals surface area contributed by atoms with Crippen LogP contribution >= 0.6 is 15.9 Å². The Balaban J connectivity index is 2.18. The third-order valence-corrected chi connectivity index (χ3v) is 2.49. The minimum absolute atomic E-state index is 0.440. The molecule has 0 fully saturated rings. The number of nitrogen functional groups attached to an aromatic ring is 1. The maximum atomic E-state index is 5.59. The van der Waals surface area contributed by atoms with Gasteiger partial charge in [0.1, 0.15) is 10.4 Å². The second kappa shape index (κ2) is 7.45. The van der Waals surface area contributed by atoms with Crippen LogP contribution in [0.1, 0.15) is 20.3 Å². The van der Waals surface area contributed by atoms with Crippen molar-refractivity contribution in [2.24, 2.45) is 5.92 Å². The van der Waals surface area contributed by atoms with Crippen LogP contribution in [0, 0.1) is 5.92 Å². The first-order valence-corrected chi connectivity index (χ1v) is 6.49. The van der Waals surface area contributed by atoms with Crippen LogP contribution in [-0.2, 0) is 4.74 Å². The molecule has 0 atom stereocenters. The smallest absolute Gasteiger partial charge is 0.225 e. The average Bonchev–Trinajstić information content (AvgIpc) is 2.21. The lowest BCUT2D eigenvalue weighted by atomic mass is 10.1. The Bertz CT molecular complexity index is 326. The van der Waals surface area contributed by atoms with Gasteiger partial charge in [-0.2, -0.15) is 4.98 Å². The van der Waals surface area contributed by atoms with E-state index in [0.29, 0.717) is 35.4 Å². The first-order valence-electron chi connectivity index (χ1n) is 5.69. The zero-order valence-electron chi connectivity index (χ0n) is 10.2. The second-order valence-electron chi connectivity index (χ2n) is 4.16. The Kier molecular flexibility index (Phi) is 6.21. The van der Waals surface area contributed by atoms with Crippen molar-refractivity contribution in [1.29, 1.82) is 0 Å². The molecule has 1 heterocycles. The number of anilines is 2. The van der Waals surface area contributed by atoms with E-state index in [1.165, 1.54) is 0 Å². The first-order chi connectivity index (χ1) is 8.08. The summed E-state index contributed by atoms with van der Waals surface area (Å²) in [5, 5.41) is 3.06. The van der Waals surface area contributed by atoms with Crippen LogP contribution < -0.4 is 11.1 Å². The maximum absolute atomic E-state index is 5.59. The van der Waals surface area contributed by atoms with Crippen molar-refractivity contribution in [3.63, 3.8) is 0 Å². The van der Waals surface area contributed by atoms with E-state index in [2.05, 4.69) is 45.1 Å². The summed E-state index contributed by atoms with van der Waals surface area (Å²) in [5.74, 6) is 1.63. The number of nitrogens with one attached hydrogen (secondary N) is 1. The van der Waals surface area contributed by atoms with Crippen molar-refractivity contribution in [3.8, 4) is 0 Å². The highest BCUT2D eigenvalue weighted by Crippen LogP contribution is 2.11. The van der Waals surface area contributed by atoms with Gasteiger partial charge in [-0.25, -0.2) is 4.98 Å². The number of nitrogens with zero attached hydrogens (tertiary/aromatic N) is 2. The average molecular weight is 303 g/mol. The summed E-state index contributed by atoms with van der Waals surface area (Å²) >= 11 is 3.26. The van der Waals surface area contributed by atoms with Gasteiger partial charge in [0.2, 0.25) is 5.95 Å².